The molecular weight excluding hydrogens is 260 g/mol. The van der Waals surface area contributed by atoms with Crippen molar-refractivity contribution >= 4 is 5.82 Å². The Morgan fingerprint density at radius 3 is 2.19 bits per heavy atom. The molecule has 4 nitrogen and oxygen atoms in total. The van der Waals surface area contributed by atoms with E-state index in [4.69, 9.17) is 0 Å². The van der Waals surface area contributed by atoms with Gasteiger partial charge in [-0.3, -0.25) is 0 Å². The molecule has 0 fully saturated rings. The maximum Gasteiger partial charge on any atom is 0.154 e. The van der Waals surface area contributed by atoms with Crippen molar-refractivity contribution in [2.45, 2.75) is 26.9 Å². The van der Waals surface area contributed by atoms with Gasteiger partial charge in [-0.2, -0.15) is 5.10 Å². The van der Waals surface area contributed by atoms with Crippen LogP contribution in [-0.4, -0.2) is 36.2 Å². The molecule has 0 bridgehead atoms. The maximum atomic E-state index is 4.29. The van der Waals surface area contributed by atoms with Crippen molar-refractivity contribution in [1.82, 2.24) is 15.1 Å². The van der Waals surface area contributed by atoms with Gasteiger partial charge in [-0.1, -0.05) is 24.3 Å². The van der Waals surface area contributed by atoms with E-state index in [1.807, 2.05) is 6.20 Å². The van der Waals surface area contributed by atoms with E-state index in [0.717, 1.165) is 18.9 Å². The summed E-state index contributed by atoms with van der Waals surface area (Å²) in [7, 11) is 6.26. The van der Waals surface area contributed by atoms with Crippen LogP contribution in [0.25, 0.3) is 0 Å². The first-order chi connectivity index (χ1) is 9.99. The molecule has 0 saturated heterocycles. The van der Waals surface area contributed by atoms with Crippen molar-refractivity contribution in [3.63, 3.8) is 0 Å². The molecule has 0 aliphatic rings. The molecule has 0 amide bonds. The molecule has 4 heteroatoms. The topological polar surface area (TPSA) is 32.3 Å². The lowest BCUT2D eigenvalue weighted by Gasteiger charge is -2.22. The van der Waals surface area contributed by atoms with Crippen LogP contribution in [0, 0.1) is 13.8 Å². The Bertz CT molecular complexity index is 607. The molecule has 0 N–H and O–H groups in total. The van der Waals surface area contributed by atoms with Gasteiger partial charge in [0.2, 0.25) is 0 Å². The molecule has 1 heterocycles. The lowest BCUT2D eigenvalue weighted by atomic mass is 10.1. The van der Waals surface area contributed by atoms with E-state index < -0.39 is 0 Å². The van der Waals surface area contributed by atoms with Gasteiger partial charge < -0.3 is 9.80 Å². The summed E-state index contributed by atoms with van der Waals surface area (Å²) in [6, 6.07) is 8.57. The summed E-state index contributed by atoms with van der Waals surface area (Å²) in [5.74, 6) is 0.953. The summed E-state index contributed by atoms with van der Waals surface area (Å²) in [6.45, 7) is 5.95. The second kappa shape index (κ2) is 6.68. The van der Waals surface area contributed by atoms with Gasteiger partial charge in [0.1, 0.15) is 0 Å². The minimum atomic E-state index is 0.836. The Morgan fingerprint density at radius 2 is 1.57 bits per heavy atom. The molecule has 0 aliphatic carbocycles. The van der Waals surface area contributed by atoms with Gasteiger partial charge in [0, 0.05) is 20.1 Å². The van der Waals surface area contributed by atoms with Gasteiger partial charge in [-0.25, -0.2) is 0 Å². The van der Waals surface area contributed by atoms with Crippen molar-refractivity contribution in [2.24, 2.45) is 0 Å². The molecule has 0 unspecified atom stereocenters. The minimum Gasteiger partial charge on any atom is -0.354 e. The predicted molar refractivity (Wildman–Crippen MR) is 87.4 cm³/mol. The van der Waals surface area contributed by atoms with Crippen LogP contribution in [0.1, 0.15) is 22.3 Å². The third-order valence-corrected chi connectivity index (χ3v) is 3.70. The fraction of sp³-hybridized carbons (Fsp3) is 0.412. The molecule has 0 spiro atoms. The Kier molecular flexibility index (Phi) is 4.91. The first-order valence-electron chi connectivity index (χ1n) is 7.20. The van der Waals surface area contributed by atoms with Gasteiger partial charge in [-0.05, 0) is 50.2 Å². The highest BCUT2D eigenvalue weighted by Crippen LogP contribution is 2.20. The molecule has 0 atom stereocenters. The van der Waals surface area contributed by atoms with Gasteiger partial charge >= 0.3 is 0 Å². The first kappa shape index (κ1) is 15.4. The SMILES string of the molecule is Cc1cnnc(N(C)Cc2ccccc2CN(C)C)c1C. The summed E-state index contributed by atoms with van der Waals surface area (Å²) < 4.78 is 0. The molecule has 21 heavy (non-hydrogen) atoms. The van der Waals surface area contributed by atoms with E-state index in [2.05, 4.69) is 79.3 Å². The van der Waals surface area contributed by atoms with Crippen molar-refractivity contribution in [3.8, 4) is 0 Å². The Balaban J connectivity index is 2.23. The van der Waals surface area contributed by atoms with Gasteiger partial charge in [0.15, 0.2) is 5.82 Å². The number of benzene rings is 1. The van der Waals surface area contributed by atoms with Gasteiger partial charge in [-0.15, -0.1) is 5.10 Å². The predicted octanol–water partition coefficient (Wildman–Crippen LogP) is 2.79. The van der Waals surface area contributed by atoms with E-state index in [9.17, 15) is 0 Å². The number of aryl methyl sites for hydroxylation is 1. The number of nitrogens with zero attached hydrogens (tertiary/aromatic N) is 4. The van der Waals surface area contributed by atoms with Crippen molar-refractivity contribution in [3.05, 3.63) is 52.7 Å². The number of rotatable bonds is 5. The summed E-state index contributed by atoms with van der Waals surface area (Å²) in [6.07, 6.45) is 1.81. The molecular formula is C17H24N4. The average molecular weight is 284 g/mol. The zero-order chi connectivity index (χ0) is 15.4. The third kappa shape index (κ3) is 3.79. The monoisotopic (exact) mass is 284 g/mol. The van der Waals surface area contributed by atoms with E-state index >= 15 is 0 Å². The maximum absolute atomic E-state index is 4.29. The fourth-order valence-corrected chi connectivity index (χ4v) is 2.42. The van der Waals surface area contributed by atoms with Crippen LogP contribution in [0.4, 0.5) is 5.82 Å². The van der Waals surface area contributed by atoms with Crippen molar-refractivity contribution in [2.75, 3.05) is 26.0 Å². The highest BCUT2D eigenvalue weighted by molar-refractivity contribution is 5.48. The molecule has 1 aromatic heterocycles. The lowest BCUT2D eigenvalue weighted by molar-refractivity contribution is 0.401. The average Bonchev–Trinajstić information content (AvgIpc) is 2.43. The summed E-state index contributed by atoms with van der Waals surface area (Å²) >= 11 is 0. The molecule has 2 aromatic rings. The molecule has 0 aliphatic heterocycles. The van der Waals surface area contributed by atoms with E-state index in [-0.39, 0.29) is 0 Å². The molecule has 0 saturated carbocycles. The summed E-state index contributed by atoms with van der Waals surface area (Å²) in [5.41, 5.74) is 5.05. The number of hydrogen-bond acceptors (Lipinski definition) is 4. The second-order valence-electron chi connectivity index (χ2n) is 5.84. The van der Waals surface area contributed by atoms with Crippen molar-refractivity contribution in [1.29, 1.82) is 0 Å². The minimum absolute atomic E-state index is 0.836. The third-order valence-electron chi connectivity index (χ3n) is 3.70. The summed E-state index contributed by atoms with van der Waals surface area (Å²) in [5, 5.41) is 8.37. The summed E-state index contributed by atoms with van der Waals surface area (Å²) in [4.78, 5) is 4.36. The smallest absolute Gasteiger partial charge is 0.154 e. The van der Waals surface area contributed by atoms with Crippen LogP contribution in [-0.2, 0) is 13.1 Å². The van der Waals surface area contributed by atoms with Crippen LogP contribution < -0.4 is 4.90 Å². The Hall–Kier alpha value is -1.94. The standard InChI is InChI=1S/C17H24N4/c1-13-10-18-19-17(14(13)2)21(5)12-16-9-7-6-8-15(16)11-20(3)4/h6-10H,11-12H2,1-5H3. The fourth-order valence-electron chi connectivity index (χ4n) is 2.42. The highest BCUT2D eigenvalue weighted by atomic mass is 15.2. The van der Waals surface area contributed by atoms with E-state index in [1.165, 1.54) is 22.3 Å². The van der Waals surface area contributed by atoms with Crippen LogP contribution in [0.3, 0.4) is 0 Å². The zero-order valence-corrected chi connectivity index (χ0v) is 13.6. The van der Waals surface area contributed by atoms with E-state index in [0.29, 0.717) is 0 Å². The second-order valence-corrected chi connectivity index (χ2v) is 5.84. The first-order valence-corrected chi connectivity index (χ1v) is 7.20. The Morgan fingerprint density at radius 1 is 0.952 bits per heavy atom. The van der Waals surface area contributed by atoms with Crippen LogP contribution >= 0.6 is 0 Å². The highest BCUT2D eigenvalue weighted by Gasteiger charge is 2.11. The van der Waals surface area contributed by atoms with E-state index in [1.54, 1.807) is 0 Å². The van der Waals surface area contributed by atoms with Crippen LogP contribution in [0.5, 0.6) is 0 Å². The normalized spacial score (nSPS) is 11.0. The number of hydrogen-bond donors (Lipinski definition) is 0. The number of anilines is 1. The van der Waals surface area contributed by atoms with Gasteiger partial charge in [0.05, 0.1) is 6.20 Å². The van der Waals surface area contributed by atoms with Crippen LogP contribution in [0.2, 0.25) is 0 Å². The number of aromatic nitrogens is 2. The zero-order valence-electron chi connectivity index (χ0n) is 13.6. The molecule has 1 aromatic carbocycles. The molecule has 112 valence electrons. The van der Waals surface area contributed by atoms with Gasteiger partial charge in [0.25, 0.3) is 0 Å². The molecule has 2 rings (SSSR count). The van der Waals surface area contributed by atoms with Crippen molar-refractivity contribution < 1.29 is 0 Å². The molecule has 0 radical (unpaired) electrons. The largest absolute Gasteiger partial charge is 0.354 e. The van der Waals surface area contributed by atoms with Crippen LogP contribution in [0.15, 0.2) is 30.5 Å². The lowest BCUT2D eigenvalue weighted by Crippen LogP contribution is -2.21. The quantitative estimate of drug-likeness (QED) is 0.845. The Labute approximate surface area is 127 Å².